The quantitative estimate of drug-likeness (QED) is 0.600. The zero-order valence-electron chi connectivity index (χ0n) is 8.14. The molecule has 1 aromatic carbocycles. The van der Waals surface area contributed by atoms with Crippen molar-refractivity contribution in [3.63, 3.8) is 0 Å². The molecular formula is C11H4BrF3OS. The molecule has 2 aromatic rings. The van der Waals surface area contributed by atoms with Gasteiger partial charge in [0.25, 0.3) is 0 Å². The maximum Gasteiger partial charge on any atom is 0.207 e. The van der Waals surface area contributed by atoms with Crippen LogP contribution < -0.4 is 0 Å². The highest BCUT2D eigenvalue weighted by molar-refractivity contribution is 9.10. The summed E-state index contributed by atoms with van der Waals surface area (Å²) in [6.07, 6.45) is 0. The van der Waals surface area contributed by atoms with E-state index in [0.717, 1.165) is 11.3 Å². The molecule has 0 aliphatic rings. The fourth-order valence-corrected chi connectivity index (χ4v) is 2.78. The smallest absolute Gasteiger partial charge is 0.207 e. The van der Waals surface area contributed by atoms with Crippen LogP contribution in [0.4, 0.5) is 13.2 Å². The summed E-state index contributed by atoms with van der Waals surface area (Å²) < 4.78 is 39.5. The Morgan fingerprint density at radius 2 is 1.76 bits per heavy atom. The van der Waals surface area contributed by atoms with Gasteiger partial charge in [0.05, 0.1) is 10.4 Å². The summed E-state index contributed by atoms with van der Waals surface area (Å²) in [7, 11) is 0. The number of carbonyl (C=O) groups is 1. The first-order valence-corrected chi connectivity index (χ1v) is 6.10. The van der Waals surface area contributed by atoms with Crippen molar-refractivity contribution < 1.29 is 18.0 Å². The van der Waals surface area contributed by atoms with Gasteiger partial charge in [0.2, 0.25) is 5.78 Å². The van der Waals surface area contributed by atoms with Crippen molar-refractivity contribution in [1.29, 1.82) is 0 Å². The van der Waals surface area contributed by atoms with Gasteiger partial charge in [-0.05, 0) is 33.4 Å². The summed E-state index contributed by atoms with van der Waals surface area (Å²) in [6.45, 7) is 0. The maximum absolute atomic E-state index is 13.4. The third kappa shape index (κ3) is 2.28. The third-order valence-electron chi connectivity index (χ3n) is 2.08. The highest BCUT2D eigenvalue weighted by atomic mass is 79.9. The molecule has 1 heterocycles. The first-order chi connectivity index (χ1) is 8.00. The van der Waals surface area contributed by atoms with Gasteiger partial charge >= 0.3 is 0 Å². The van der Waals surface area contributed by atoms with Crippen LogP contribution in [0.5, 0.6) is 0 Å². The zero-order chi connectivity index (χ0) is 12.6. The van der Waals surface area contributed by atoms with Gasteiger partial charge in [0.15, 0.2) is 11.6 Å². The Labute approximate surface area is 107 Å². The summed E-state index contributed by atoms with van der Waals surface area (Å²) in [5.41, 5.74) is -0.480. The van der Waals surface area contributed by atoms with E-state index in [9.17, 15) is 18.0 Å². The van der Waals surface area contributed by atoms with Crippen LogP contribution >= 0.6 is 27.3 Å². The molecule has 0 spiro atoms. The molecule has 2 rings (SSSR count). The van der Waals surface area contributed by atoms with E-state index >= 15 is 0 Å². The lowest BCUT2D eigenvalue weighted by Gasteiger charge is -2.02. The van der Waals surface area contributed by atoms with Crippen LogP contribution in [-0.4, -0.2) is 5.78 Å². The standard InChI is InChI=1S/C11H4BrF3OS/c12-6-1-2-17-11(6)10(16)5-3-8(14)9(15)4-7(5)13/h1-4H. The van der Waals surface area contributed by atoms with Crippen molar-refractivity contribution in [3.05, 3.63) is 55.9 Å². The molecule has 88 valence electrons. The van der Waals surface area contributed by atoms with Gasteiger partial charge < -0.3 is 0 Å². The summed E-state index contributed by atoms with van der Waals surface area (Å²) in [5.74, 6) is -4.32. The Hall–Kier alpha value is -1.14. The lowest BCUT2D eigenvalue weighted by molar-refractivity contribution is 0.103. The summed E-state index contributed by atoms with van der Waals surface area (Å²) in [6, 6.07) is 2.55. The molecule has 0 amide bonds. The summed E-state index contributed by atoms with van der Waals surface area (Å²) in [5, 5.41) is 1.63. The van der Waals surface area contributed by atoms with E-state index in [1.807, 2.05) is 0 Å². The second-order valence-corrected chi connectivity index (χ2v) is 4.94. The van der Waals surface area contributed by atoms with Gasteiger partial charge in [0.1, 0.15) is 5.82 Å². The van der Waals surface area contributed by atoms with E-state index in [1.165, 1.54) is 0 Å². The summed E-state index contributed by atoms with van der Waals surface area (Å²) in [4.78, 5) is 12.1. The minimum Gasteiger partial charge on any atom is -0.288 e. The van der Waals surface area contributed by atoms with Gasteiger partial charge in [-0.2, -0.15) is 0 Å². The average molecular weight is 321 g/mol. The van der Waals surface area contributed by atoms with Crippen molar-refractivity contribution >= 4 is 33.0 Å². The second kappa shape index (κ2) is 4.62. The van der Waals surface area contributed by atoms with Crippen LogP contribution in [0, 0.1) is 17.5 Å². The monoisotopic (exact) mass is 320 g/mol. The number of ketones is 1. The molecule has 1 nitrogen and oxygen atoms in total. The number of carbonyl (C=O) groups excluding carboxylic acids is 1. The number of hydrogen-bond donors (Lipinski definition) is 0. The van der Waals surface area contributed by atoms with Crippen molar-refractivity contribution in [2.24, 2.45) is 0 Å². The molecule has 0 N–H and O–H groups in total. The number of thiophene rings is 1. The minimum atomic E-state index is -1.32. The van der Waals surface area contributed by atoms with Gasteiger partial charge in [-0.3, -0.25) is 4.79 Å². The molecule has 0 atom stereocenters. The predicted molar refractivity (Wildman–Crippen MR) is 61.8 cm³/mol. The molecule has 0 aliphatic heterocycles. The van der Waals surface area contributed by atoms with E-state index in [4.69, 9.17) is 0 Å². The van der Waals surface area contributed by atoms with E-state index in [0.29, 0.717) is 16.6 Å². The lowest BCUT2D eigenvalue weighted by Crippen LogP contribution is -2.05. The van der Waals surface area contributed by atoms with Crippen LogP contribution in [0.15, 0.2) is 28.1 Å². The minimum absolute atomic E-state index is 0.245. The second-order valence-electron chi connectivity index (χ2n) is 3.17. The Morgan fingerprint density at radius 3 is 2.35 bits per heavy atom. The highest BCUT2D eigenvalue weighted by Gasteiger charge is 2.20. The fraction of sp³-hybridized carbons (Fsp3) is 0. The molecule has 0 saturated carbocycles. The molecule has 1 aromatic heterocycles. The highest BCUT2D eigenvalue weighted by Crippen LogP contribution is 2.27. The van der Waals surface area contributed by atoms with Crippen LogP contribution in [-0.2, 0) is 0 Å². The van der Waals surface area contributed by atoms with Crippen LogP contribution in [0.1, 0.15) is 15.2 Å². The fourth-order valence-electron chi connectivity index (χ4n) is 1.27. The Morgan fingerprint density at radius 1 is 1.12 bits per heavy atom. The van der Waals surface area contributed by atoms with Crippen molar-refractivity contribution in [3.8, 4) is 0 Å². The van der Waals surface area contributed by atoms with Gasteiger partial charge in [-0.1, -0.05) is 0 Å². The molecular weight excluding hydrogens is 317 g/mol. The van der Waals surface area contributed by atoms with Gasteiger partial charge in [-0.15, -0.1) is 11.3 Å². The molecule has 0 unspecified atom stereocenters. The molecule has 0 fully saturated rings. The van der Waals surface area contributed by atoms with Crippen molar-refractivity contribution in [2.45, 2.75) is 0 Å². The molecule has 17 heavy (non-hydrogen) atoms. The zero-order valence-corrected chi connectivity index (χ0v) is 10.5. The van der Waals surface area contributed by atoms with Crippen LogP contribution in [0.2, 0.25) is 0 Å². The molecule has 0 saturated heterocycles. The molecule has 0 radical (unpaired) electrons. The van der Waals surface area contributed by atoms with Gasteiger partial charge in [-0.25, -0.2) is 13.2 Å². The number of benzene rings is 1. The number of halogens is 4. The maximum atomic E-state index is 13.4. The van der Waals surface area contributed by atoms with E-state index < -0.39 is 28.8 Å². The number of hydrogen-bond acceptors (Lipinski definition) is 2. The van der Waals surface area contributed by atoms with E-state index in [2.05, 4.69) is 15.9 Å². The van der Waals surface area contributed by atoms with Crippen LogP contribution in [0.3, 0.4) is 0 Å². The average Bonchev–Trinajstić information content (AvgIpc) is 2.69. The normalized spacial score (nSPS) is 10.6. The lowest BCUT2D eigenvalue weighted by atomic mass is 10.1. The van der Waals surface area contributed by atoms with E-state index in [-0.39, 0.29) is 4.88 Å². The first kappa shape index (κ1) is 12.3. The number of rotatable bonds is 2. The van der Waals surface area contributed by atoms with E-state index in [1.54, 1.807) is 11.4 Å². The largest absolute Gasteiger partial charge is 0.288 e. The SMILES string of the molecule is O=C(c1cc(F)c(F)cc1F)c1sccc1Br. The topological polar surface area (TPSA) is 17.1 Å². The Bertz CT molecular complexity index is 594. The summed E-state index contributed by atoms with van der Waals surface area (Å²) >= 11 is 4.21. The third-order valence-corrected chi connectivity index (χ3v) is 3.91. The Balaban J connectivity index is 2.52. The Kier molecular flexibility index (Phi) is 3.35. The van der Waals surface area contributed by atoms with Crippen LogP contribution in [0.25, 0.3) is 0 Å². The molecule has 6 heteroatoms. The molecule has 0 bridgehead atoms. The van der Waals surface area contributed by atoms with Crippen molar-refractivity contribution in [2.75, 3.05) is 0 Å². The predicted octanol–water partition coefficient (Wildman–Crippen LogP) is 4.16. The first-order valence-electron chi connectivity index (χ1n) is 4.43. The van der Waals surface area contributed by atoms with Gasteiger partial charge in [0, 0.05) is 10.5 Å². The van der Waals surface area contributed by atoms with Crippen molar-refractivity contribution in [1.82, 2.24) is 0 Å². The molecule has 0 aliphatic carbocycles.